The van der Waals surface area contributed by atoms with E-state index in [0.29, 0.717) is 5.02 Å². The Morgan fingerprint density at radius 3 is 2.50 bits per heavy atom. The number of carbonyl (C=O) groups excluding carboxylic acids is 2. The topological polar surface area (TPSA) is 73.9 Å². The summed E-state index contributed by atoms with van der Waals surface area (Å²) < 4.78 is 39.0. The van der Waals surface area contributed by atoms with Crippen molar-refractivity contribution < 1.29 is 32.6 Å². The number of nitrogens with one attached hydrogen (secondary N) is 1. The maximum atomic E-state index is 12.4. The van der Waals surface area contributed by atoms with Crippen LogP contribution >= 0.6 is 11.6 Å². The smallest absolute Gasteiger partial charge is 0.387 e. The molecule has 150 valence electrons. The van der Waals surface area contributed by atoms with Gasteiger partial charge in [0.15, 0.2) is 17.6 Å². The quantitative estimate of drug-likeness (QED) is 0.666. The van der Waals surface area contributed by atoms with Crippen molar-refractivity contribution in [2.45, 2.75) is 26.2 Å². The number of alkyl halides is 2. The Kier molecular flexibility index (Phi) is 7.57. The molecule has 2 aromatic carbocycles. The number of halogens is 3. The molecule has 1 amide bonds. The second-order valence-corrected chi connectivity index (χ2v) is 6.01. The Balaban J connectivity index is 1.97. The van der Waals surface area contributed by atoms with Crippen molar-refractivity contribution in [1.82, 2.24) is 5.32 Å². The molecule has 0 heterocycles. The number of hydrogen-bond acceptors (Lipinski definition) is 5. The zero-order valence-corrected chi connectivity index (χ0v) is 15.8. The number of rotatable bonds is 8. The lowest BCUT2D eigenvalue weighted by molar-refractivity contribution is -0.129. The molecule has 28 heavy (non-hydrogen) atoms. The molecule has 9 heteroatoms. The number of esters is 1. The molecule has 2 aromatic rings. The number of carbonyl (C=O) groups is 2. The average Bonchev–Trinajstić information content (AvgIpc) is 2.66. The SMILES string of the molecule is COc1cc(C(=O)O[C@H](C)C(=O)NCc2ccccc2Cl)ccc1OC(F)F. The third-order valence-electron chi connectivity index (χ3n) is 3.68. The third-order valence-corrected chi connectivity index (χ3v) is 4.05. The van der Waals surface area contributed by atoms with E-state index < -0.39 is 24.6 Å². The Labute approximate surface area is 165 Å². The maximum Gasteiger partial charge on any atom is 0.387 e. The predicted octanol–water partition coefficient (Wildman–Crippen LogP) is 3.81. The highest BCUT2D eigenvalue weighted by atomic mass is 35.5. The molecule has 0 aliphatic carbocycles. The Morgan fingerprint density at radius 1 is 1.14 bits per heavy atom. The van der Waals surface area contributed by atoms with Crippen LogP contribution in [0.3, 0.4) is 0 Å². The molecular weight excluding hydrogens is 396 g/mol. The van der Waals surface area contributed by atoms with E-state index in [0.717, 1.165) is 11.6 Å². The molecule has 0 aliphatic heterocycles. The highest BCUT2D eigenvalue weighted by Gasteiger charge is 2.21. The van der Waals surface area contributed by atoms with Crippen LogP contribution in [0.25, 0.3) is 0 Å². The van der Waals surface area contributed by atoms with Gasteiger partial charge in [0.25, 0.3) is 5.91 Å². The van der Waals surface area contributed by atoms with Gasteiger partial charge in [0.1, 0.15) is 0 Å². The summed E-state index contributed by atoms with van der Waals surface area (Å²) in [5, 5.41) is 3.13. The summed E-state index contributed by atoms with van der Waals surface area (Å²) in [6, 6.07) is 10.6. The van der Waals surface area contributed by atoms with Crippen LogP contribution in [0.4, 0.5) is 8.78 Å². The van der Waals surface area contributed by atoms with Gasteiger partial charge >= 0.3 is 12.6 Å². The van der Waals surface area contributed by atoms with E-state index in [4.69, 9.17) is 21.1 Å². The van der Waals surface area contributed by atoms with Crippen LogP contribution in [-0.2, 0) is 16.1 Å². The van der Waals surface area contributed by atoms with Gasteiger partial charge in [-0.05, 0) is 36.8 Å². The standard InChI is InChI=1S/C19H18ClF2NO5/c1-11(17(24)23-10-13-5-3-4-6-14(13)20)27-18(25)12-7-8-15(28-19(21)22)16(9-12)26-2/h3-9,11,19H,10H2,1-2H3,(H,23,24)/t11-/m1/s1. The molecule has 0 bridgehead atoms. The number of amides is 1. The van der Waals surface area contributed by atoms with Crippen LogP contribution in [-0.4, -0.2) is 31.7 Å². The van der Waals surface area contributed by atoms with Gasteiger partial charge in [0.05, 0.1) is 12.7 Å². The summed E-state index contributed by atoms with van der Waals surface area (Å²) in [5.74, 6) is -1.62. The molecule has 2 rings (SSSR count). The van der Waals surface area contributed by atoms with Crippen molar-refractivity contribution in [2.75, 3.05) is 7.11 Å². The summed E-state index contributed by atoms with van der Waals surface area (Å²) in [5.41, 5.74) is 0.736. The maximum absolute atomic E-state index is 12.4. The first-order chi connectivity index (χ1) is 13.3. The molecular formula is C19H18ClF2NO5. The van der Waals surface area contributed by atoms with Gasteiger partial charge in [-0.25, -0.2) is 4.79 Å². The molecule has 0 fully saturated rings. The molecule has 0 aromatic heterocycles. The van der Waals surface area contributed by atoms with Crippen LogP contribution in [0.15, 0.2) is 42.5 Å². The fourth-order valence-electron chi connectivity index (χ4n) is 2.24. The molecule has 0 spiro atoms. The van der Waals surface area contributed by atoms with Gasteiger partial charge in [-0.2, -0.15) is 8.78 Å². The van der Waals surface area contributed by atoms with Crippen molar-refractivity contribution in [2.24, 2.45) is 0 Å². The van der Waals surface area contributed by atoms with E-state index >= 15 is 0 Å². The van der Waals surface area contributed by atoms with Gasteiger partial charge in [0.2, 0.25) is 0 Å². The molecule has 0 unspecified atom stereocenters. The summed E-state index contributed by atoms with van der Waals surface area (Å²) >= 11 is 6.02. The predicted molar refractivity (Wildman–Crippen MR) is 97.8 cm³/mol. The van der Waals surface area contributed by atoms with Gasteiger partial charge in [0, 0.05) is 11.6 Å². The van der Waals surface area contributed by atoms with Gasteiger partial charge in [-0.15, -0.1) is 0 Å². The first kappa shape index (κ1) is 21.4. The van der Waals surface area contributed by atoms with Crippen LogP contribution in [0.1, 0.15) is 22.8 Å². The Hall–Kier alpha value is -2.87. The largest absolute Gasteiger partial charge is 0.493 e. The van der Waals surface area contributed by atoms with E-state index in [9.17, 15) is 18.4 Å². The fraction of sp³-hybridized carbons (Fsp3) is 0.263. The molecule has 1 N–H and O–H groups in total. The minimum atomic E-state index is -3.03. The number of ether oxygens (including phenoxy) is 3. The lowest BCUT2D eigenvalue weighted by Gasteiger charge is -2.15. The number of benzene rings is 2. The van der Waals surface area contributed by atoms with E-state index in [-0.39, 0.29) is 23.6 Å². The van der Waals surface area contributed by atoms with E-state index in [2.05, 4.69) is 10.1 Å². The molecule has 0 aliphatic rings. The molecule has 0 saturated carbocycles. The van der Waals surface area contributed by atoms with E-state index in [1.165, 1.54) is 26.2 Å². The Bertz CT molecular complexity index is 847. The average molecular weight is 414 g/mol. The summed E-state index contributed by atoms with van der Waals surface area (Å²) in [4.78, 5) is 24.4. The van der Waals surface area contributed by atoms with Gasteiger partial charge < -0.3 is 19.5 Å². The van der Waals surface area contributed by atoms with Gasteiger partial charge in [-0.3, -0.25) is 4.79 Å². The van der Waals surface area contributed by atoms with Gasteiger partial charge in [-0.1, -0.05) is 29.8 Å². The zero-order valence-electron chi connectivity index (χ0n) is 15.1. The van der Waals surface area contributed by atoms with Crippen LogP contribution < -0.4 is 14.8 Å². The zero-order chi connectivity index (χ0) is 20.7. The molecule has 0 radical (unpaired) electrons. The summed E-state index contributed by atoms with van der Waals surface area (Å²) in [6.07, 6.45) is -1.09. The normalized spacial score (nSPS) is 11.6. The van der Waals surface area contributed by atoms with Crippen molar-refractivity contribution in [3.05, 3.63) is 58.6 Å². The minimum absolute atomic E-state index is 0.0178. The fourth-order valence-corrected chi connectivity index (χ4v) is 2.44. The van der Waals surface area contributed by atoms with Crippen LogP contribution in [0, 0.1) is 0 Å². The second-order valence-electron chi connectivity index (χ2n) is 5.60. The van der Waals surface area contributed by atoms with Crippen molar-refractivity contribution in [3.8, 4) is 11.5 Å². The highest BCUT2D eigenvalue weighted by Crippen LogP contribution is 2.29. The number of methoxy groups -OCH3 is 1. The number of hydrogen-bond donors (Lipinski definition) is 1. The molecule has 6 nitrogen and oxygen atoms in total. The highest BCUT2D eigenvalue weighted by molar-refractivity contribution is 6.31. The van der Waals surface area contributed by atoms with Crippen molar-refractivity contribution in [1.29, 1.82) is 0 Å². The minimum Gasteiger partial charge on any atom is -0.493 e. The van der Waals surface area contributed by atoms with E-state index in [1.807, 2.05) is 0 Å². The van der Waals surface area contributed by atoms with E-state index in [1.54, 1.807) is 24.3 Å². The van der Waals surface area contributed by atoms with Crippen LogP contribution in [0.5, 0.6) is 11.5 Å². The van der Waals surface area contributed by atoms with Crippen molar-refractivity contribution in [3.63, 3.8) is 0 Å². The first-order valence-electron chi connectivity index (χ1n) is 8.16. The lowest BCUT2D eigenvalue weighted by Crippen LogP contribution is -2.35. The lowest BCUT2D eigenvalue weighted by atomic mass is 10.2. The summed E-state index contributed by atoms with van der Waals surface area (Å²) in [6.45, 7) is -1.45. The van der Waals surface area contributed by atoms with Crippen LogP contribution in [0.2, 0.25) is 5.02 Å². The molecule has 0 saturated heterocycles. The summed E-state index contributed by atoms with van der Waals surface area (Å²) in [7, 11) is 1.24. The molecule has 1 atom stereocenters. The second kappa shape index (κ2) is 9.89. The Morgan fingerprint density at radius 2 is 1.86 bits per heavy atom. The van der Waals surface area contributed by atoms with Crippen molar-refractivity contribution >= 4 is 23.5 Å². The monoisotopic (exact) mass is 413 g/mol. The first-order valence-corrected chi connectivity index (χ1v) is 8.54. The third kappa shape index (κ3) is 5.82.